The summed E-state index contributed by atoms with van der Waals surface area (Å²) in [7, 11) is 1.64. The Morgan fingerprint density at radius 3 is 2.62 bits per heavy atom. The van der Waals surface area contributed by atoms with E-state index in [1.807, 2.05) is 11.8 Å². The summed E-state index contributed by atoms with van der Waals surface area (Å²) in [6.45, 7) is 3.44. The molecule has 0 radical (unpaired) electrons. The van der Waals surface area contributed by atoms with Crippen molar-refractivity contribution in [3.05, 3.63) is 22.7 Å². The number of guanidine groups is 1. The molecular formula is C15H23F3N6O2. The van der Waals surface area contributed by atoms with Crippen LogP contribution in [0, 0.1) is 0 Å². The molecule has 146 valence electrons. The molecule has 1 saturated heterocycles. The van der Waals surface area contributed by atoms with Crippen molar-refractivity contribution in [3.8, 4) is 0 Å². The fourth-order valence-electron chi connectivity index (χ4n) is 2.53. The number of alkyl halides is 3. The molecular weight excluding hydrogens is 353 g/mol. The molecule has 1 fully saturated rings. The topological polar surface area (TPSA) is 86.0 Å². The summed E-state index contributed by atoms with van der Waals surface area (Å²) in [5.41, 5.74) is -0.199. The first-order valence-corrected chi connectivity index (χ1v) is 8.28. The van der Waals surface area contributed by atoms with E-state index in [1.54, 1.807) is 24.3 Å². The lowest BCUT2D eigenvalue weighted by Crippen LogP contribution is -2.54. The van der Waals surface area contributed by atoms with Gasteiger partial charge < -0.3 is 24.8 Å². The van der Waals surface area contributed by atoms with Crippen LogP contribution >= 0.6 is 0 Å². The molecule has 1 unspecified atom stereocenters. The SMILES string of the molecule is CCNC(=NCC(O)C(F)(F)F)N1CCN(c2nccn(C)c2=O)CC1. The number of anilines is 1. The van der Waals surface area contributed by atoms with Gasteiger partial charge in [0.05, 0.1) is 6.54 Å². The number of rotatable bonds is 4. The lowest BCUT2D eigenvalue weighted by Gasteiger charge is -2.36. The second kappa shape index (κ2) is 8.39. The van der Waals surface area contributed by atoms with E-state index in [4.69, 9.17) is 5.11 Å². The van der Waals surface area contributed by atoms with E-state index in [0.29, 0.717) is 44.5 Å². The third-order valence-corrected chi connectivity index (χ3v) is 4.00. The van der Waals surface area contributed by atoms with Gasteiger partial charge in [0.15, 0.2) is 17.9 Å². The quantitative estimate of drug-likeness (QED) is 0.559. The Morgan fingerprint density at radius 1 is 1.38 bits per heavy atom. The number of halogens is 3. The molecule has 2 rings (SSSR count). The van der Waals surface area contributed by atoms with Crippen LogP contribution in [0.15, 0.2) is 22.2 Å². The minimum absolute atomic E-state index is 0.199. The number of aliphatic hydroxyl groups is 1. The first-order valence-electron chi connectivity index (χ1n) is 8.28. The first kappa shape index (κ1) is 20.0. The first-order chi connectivity index (χ1) is 12.2. The van der Waals surface area contributed by atoms with Crippen LogP contribution in [0.5, 0.6) is 0 Å². The molecule has 1 atom stereocenters. The second-order valence-corrected chi connectivity index (χ2v) is 5.89. The zero-order valence-corrected chi connectivity index (χ0v) is 14.7. The number of nitrogens with zero attached hydrogens (tertiary/aromatic N) is 5. The van der Waals surface area contributed by atoms with E-state index < -0.39 is 18.8 Å². The lowest BCUT2D eigenvalue weighted by molar-refractivity contribution is -0.199. The zero-order valence-electron chi connectivity index (χ0n) is 14.7. The summed E-state index contributed by atoms with van der Waals surface area (Å²) < 4.78 is 38.8. The van der Waals surface area contributed by atoms with Gasteiger partial charge in [-0.05, 0) is 6.92 Å². The van der Waals surface area contributed by atoms with Gasteiger partial charge in [-0.15, -0.1) is 0 Å². The summed E-state index contributed by atoms with van der Waals surface area (Å²) in [4.78, 5) is 23.8. The predicted octanol–water partition coefficient (Wildman–Crippen LogP) is -0.209. The van der Waals surface area contributed by atoms with Crippen LogP contribution in [0.4, 0.5) is 19.0 Å². The van der Waals surface area contributed by atoms with Gasteiger partial charge in [-0.3, -0.25) is 9.79 Å². The summed E-state index contributed by atoms with van der Waals surface area (Å²) in [6.07, 6.45) is -4.07. The lowest BCUT2D eigenvalue weighted by atomic mass is 10.3. The molecule has 8 nitrogen and oxygen atoms in total. The molecule has 2 heterocycles. The van der Waals surface area contributed by atoms with Gasteiger partial charge in [-0.1, -0.05) is 0 Å². The Morgan fingerprint density at radius 2 is 2.04 bits per heavy atom. The van der Waals surface area contributed by atoms with Crippen LogP contribution in [0.1, 0.15) is 6.92 Å². The average Bonchev–Trinajstić information content (AvgIpc) is 2.60. The van der Waals surface area contributed by atoms with Crippen molar-refractivity contribution in [1.82, 2.24) is 19.8 Å². The van der Waals surface area contributed by atoms with Gasteiger partial charge in [0.25, 0.3) is 5.56 Å². The summed E-state index contributed by atoms with van der Waals surface area (Å²) in [6, 6.07) is 0. The van der Waals surface area contributed by atoms with Crippen LogP contribution in [0.25, 0.3) is 0 Å². The monoisotopic (exact) mass is 376 g/mol. The highest BCUT2D eigenvalue weighted by Crippen LogP contribution is 2.20. The number of hydrogen-bond acceptors (Lipinski definition) is 5. The Bertz CT molecular complexity index is 683. The molecule has 0 saturated carbocycles. The minimum atomic E-state index is -4.70. The summed E-state index contributed by atoms with van der Waals surface area (Å²) in [5, 5.41) is 12.0. The van der Waals surface area contributed by atoms with Crippen LogP contribution < -0.4 is 15.8 Å². The van der Waals surface area contributed by atoms with Crippen molar-refractivity contribution in [2.24, 2.45) is 12.0 Å². The highest BCUT2D eigenvalue weighted by atomic mass is 19.4. The Hall–Kier alpha value is -2.30. The molecule has 1 aliphatic rings. The molecule has 0 aliphatic carbocycles. The van der Waals surface area contributed by atoms with Gasteiger partial charge in [0.1, 0.15) is 0 Å². The molecule has 1 aromatic heterocycles. The third kappa shape index (κ3) is 4.87. The van der Waals surface area contributed by atoms with E-state index in [-0.39, 0.29) is 5.56 Å². The predicted molar refractivity (Wildman–Crippen MR) is 91.3 cm³/mol. The Labute approximate surface area is 149 Å². The summed E-state index contributed by atoms with van der Waals surface area (Å²) >= 11 is 0. The van der Waals surface area contributed by atoms with Crippen molar-refractivity contribution < 1.29 is 18.3 Å². The van der Waals surface area contributed by atoms with E-state index >= 15 is 0 Å². The van der Waals surface area contributed by atoms with Crippen LogP contribution in [0.3, 0.4) is 0 Å². The minimum Gasteiger partial charge on any atom is -0.382 e. The molecule has 0 aromatic carbocycles. The normalized spacial score (nSPS) is 17.4. The Balaban J connectivity index is 2.03. The van der Waals surface area contributed by atoms with Crippen LogP contribution in [-0.2, 0) is 7.05 Å². The largest absolute Gasteiger partial charge is 0.416 e. The average molecular weight is 376 g/mol. The van der Waals surface area contributed by atoms with Crippen molar-refractivity contribution in [2.75, 3.05) is 44.2 Å². The maximum atomic E-state index is 12.4. The van der Waals surface area contributed by atoms with Crippen molar-refractivity contribution in [1.29, 1.82) is 0 Å². The number of hydrogen-bond donors (Lipinski definition) is 2. The highest BCUT2D eigenvalue weighted by Gasteiger charge is 2.38. The van der Waals surface area contributed by atoms with Gasteiger partial charge >= 0.3 is 6.18 Å². The van der Waals surface area contributed by atoms with E-state index in [2.05, 4.69) is 15.3 Å². The van der Waals surface area contributed by atoms with Crippen LogP contribution in [0.2, 0.25) is 0 Å². The molecule has 0 amide bonds. The van der Waals surface area contributed by atoms with E-state index in [9.17, 15) is 18.0 Å². The maximum absolute atomic E-state index is 12.4. The standard InChI is InChI=1S/C15H23F3N6O2/c1-3-19-14(21-10-11(25)15(16,17)18)24-8-6-23(7-9-24)12-13(26)22(2)5-4-20-12/h4-5,11,25H,3,6-10H2,1-2H3,(H,19,21). The maximum Gasteiger partial charge on any atom is 0.416 e. The second-order valence-electron chi connectivity index (χ2n) is 5.89. The van der Waals surface area contributed by atoms with Crippen LogP contribution in [-0.4, -0.2) is 77.1 Å². The molecule has 26 heavy (non-hydrogen) atoms. The number of aliphatic hydroxyl groups excluding tert-OH is 1. The molecule has 0 spiro atoms. The zero-order chi connectivity index (χ0) is 19.3. The number of aliphatic imine (C=N–C) groups is 1. The fraction of sp³-hybridized carbons (Fsp3) is 0.667. The number of aryl methyl sites for hydroxylation is 1. The van der Waals surface area contributed by atoms with Gasteiger partial charge in [0.2, 0.25) is 0 Å². The molecule has 0 bridgehead atoms. The molecule has 2 N–H and O–H groups in total. The van der Waals surface area contributed by atoms with Crippen molar-refractivity contribution >= 4 is 11.8 Å². The van der Waals surface area contributed by atoms with E-state index in [0.717, 1.165) is 0 Å². The summed E-state index contributed by atoms with van der Waals surface area (Å²) in [5.74, 6) is 0.661. The molecule has 1 aromatic rings. The fourth-order valence-corrected chi connectivity index (χ4v) is 2.53. The van der Waals surface area contributed by atoms with Gasteiger partial charge in [-0.25, -0.2) is 4.98 Å². The van der Waals surface area contributed by atoms with Crippen molar-refractivity contribution in [2.45, 2.75) is 19.2 Å². The highest BCUT2D eigenvalue weighted by molar-refractivity contribution is 5.80. The van der Waals surface area contributed by atoms with Gasteiger partial charge in [-0.2, -0.15) is 13.2 Å². The number of nitrogens with one attached hydrogen (secondary N) is 1. The van der Waals surface area contributed by atoms with Crippen molar-refractivity contribution in [3.63, 3.8) is 0 Å². The Kier molecular flexibility index (Phi) is 6.46. The smallest absolute Gasteiger partial charge is 0.382 e. The third-order valence-electron chi connectivity index (χ3n) is 4.00. The molecule has 1 aliphatic heterocycles. The number of piperazine rings is 1. The molecule has 11 heteroatoms. The van der Waals surface area contributed by atoms with Gasteiger partial charge in [0, 0.05) is 52.2 Å². The number of aromatic nitrogens is 2. The van der Waals surface area contributed by atoms with E-state index in [1.165, 1.54) is 4.57 Å².